The SMILES string of the molecule is CC1CN(C(=O)c2cc(N)cc(Br)c2)CC(C)N1C. The molecule has 1 amide bonds. The molecule has 1 saturated heterocycles. The first kappa shape index (κ1) is 14.3. The number of piperazine rings is 1. The van der Waals surface area contributed by atoms with Crippen LogP contribution >= 0.6 is 15.9 Å². The van der Waals surface area contributed by atoms with Gasteiger partial charge in [0, 0.05) is 40.9 Å². The van der Waals surface area contributed by atoms with E-state index in [0.29, 0.717) is 23.3 Å². The number of nitrogen functional groups attached to an aromatic ring is 1. The molecule has 2 atom stereocenters. The quantitative estimate of drug-likeness (QED) is 0.805. The van der Waals surface area contributed by atoms with E-state index >= 15 is 0 Å². The summed E-state index contributed by atoms with van der Waals surface area (Å²) in [5.41, 5.74) is 7.05. The van der Waals surface area contributed by atoms with E-state index < -0.39 is 0 Å². The zero-order valence-corrected chi connectivity index (χ0v) is 13.1. The van der Waals surface area contributed by atoms with Gasteiger partial charge in [-0.1, -0.05) is 15.9 Å². The number of hydrogen-bond donors (Lipinski definition) is 1. The number of carbonyl (C=O) groups excluding carboxylic acids is 1. The van der Waals surface area contributed by atoms with Crippen LogP contribution in [0.2, 0.25) is 0 Å². The Kier molecular flexibility index (Phi) is 4.16. The fraction of sp³-hybridized carbons (Fsp3) is 0.500. The summed E-state index contributed by atoms with van der Waals surface area (Å²) >= 11 is 3.38. The minimum atomic E-state index is 0.0554. The van der Waals surface area contributed by atoms with Gasteiger partial charge in [-0.05, 0) is 39.1 Å². The summed E-state index contributed by atoms with van der Waals surface area (Å²) in [7, 11) is 2.11. The van der Waals surface area contributed by atoms with E-state index in [1.165, 1.54) is 0 Å². The highest BCUT2D eigenvalue weighted by molar-refractivity contribution is 9.10. The van der Waals surface area contributed by atoms with E-state index in [2.05, 4.69) is 41.7 Å². The first-order valence-electron chi connectivity index (χ1n) is 6.45. The lowest BCUT2D eigenvalue weighted by atomic mass is 10.1. The molecule has 1 heterocycles. The molecule has 1 aliphatic heterocycles. The molecule has 4 nitrogen and oxygen atoms in total. The van der Waals surface area contributed by atoms with Crippen molar-refractivity contribution >= 4 is 27.5 Å². The molecule has 2 N–H and O–H groups in total. The second-order valence-corrected chi connectivity index (χ2v) is 6.26. The van der Waals surface area contributed by atoms with Gasteiger partial charge in [-0.2, -0.15) is 0 Å². The topological polar surface area (TPSA) is 49.6 Å². The Bertz CT molecular complexity index is 459. The average molecular weight is 326 g/mol. The predicted octanol–water partition coefficient (Wildman–Crippen LogP) is 2.20. The normalized spacial score (nSPS) is 24.5. The molecule has 104 valence electrons. The van der Waals surface area contributed by atoms with Crippen LogP contribution < -0.4 is 5.73 Å². The molecule has 0 bridgehead atoms. The third-order valence-electron chi connectivity index (χ3n) is 3.81. The van der Waals surface area contributed by atoms with Crippen molar-refractivity contribution in [1.29, 1.82) is 0 Å². The maximum absolute atomic E-state index is 12.5. The van der Waals surface area contributed by atoms with Crippen molar-refractivity contribution in [2.45, 2.75) is 25.9 Å². The molecule has 1 aromatic rings. The van der Waals surface area contributed by atoms with Gasteiger partial charge in [0.05, 0.1) is 0 Å². The Morgan fingerprint density at radius 3 is 2.37 bits per heavy atom. The van der Waals surface area contributed by atoms with Crippen molar-refractivity contribution in [3.63, 3.8) is 0 Å². The van der Waals surface area contributed by atoms with E-state index in [4.69, 9.17) is 5.73 Å². The zero-order valence-electron chi connectivity index (χ0n) is 11.6. The summed E-state index contributed by atoms with van der Waals surface area (Å²) in [4.78, 5) is 16.8. The van der Waals surface area contributed by atoms with Crippen LogP contribution in [0.15, 0.2) is 22.7 Å². The van der Waals surface area contributed by atoms with Crippen LogP contribution in [0.25, 0.3) is 0 Å². The first-order valence-corrected chi connectivity index (χ1v) is 7.25. The fourth-order valence-corrected chi connectivity index (χ4v) is 3.00. The van der Waals surface area contributed by atoms with Crippen molar-refractivity contribution in [2.24, 2.45) is 0 Å². The summed E-state index contributed by atoms with van der Waals surface area (Å²) in [6.45, 7) is 5.80. The van der Waals surface area contributed by atoms with E-state index in [1.54, 1.807) is 12.1 Å². The molecule has 0 aromatic heterocycles. The van der Waals surface area contributed by atoms with E-state index in [9.17, 15) is 4.79 Å². The summed E-state index contributed by atoms with van der Waals surface area (Å²) in [5, 5.41) is 0. The molecule has 19 heavy (non-hydrogen) atoms. The molecular formula is C14H20BrN3O. The second kappa shape index (κ2) is 5.51. The van der Waals surface area contributed by atoms with Crippen molar-refractivity contribution < 1.29 is 4.79 Å². The average Bonchev–Trinajstić information content (AvgIpc) is 2.33. The third-order valence-corrected chi connectivity index (χ3v) is 4.27. The number of rotatable bonds is 1. The molecule has 1 aromatic carbocycles. The van der Waals surface area contributed by atoms with E-state index in [1.807, 2.05) is 11.0 Å². The largest absolute Gasteiger partial charge is 0.399 e. The van der Waals surface area contributed by atoms with Crippen LogP contribution in [0.4, 0.5) is 5.69 Å². The Hall–Kier alpha value is -1.07. The Morgan fingerprint density at radius 2 is 1.84 bits per heavy atom. The van der Waals surface area contributed by atoms with Gasteiger partial charge in [0.25, 0.3) is 5.91 Å². The zero-order chi connectivity index (χ0) is 14.2. The lowest BCUT2D eigenvalue weighted by Crippen LogP contribution is -2.56. The predicted molar refractivity (Wildman–Crippen MR) is 81.1 cm³/mol. The highest BCUT2D eigenvalue weighted by atomic mass is 79.9. The number of likely N-dealkylation sites (N-methyl/N-ethyl adjacent to an activating group) is 1. The van der Waals surface area contributed by atoms with Gasteiger partial charge in [-0.15, -0.1) is 0 Å². The molecule has 0 spiro atoms. The lowest BCUT2D eigenvalue weighted by molar-refractivity contribution is 0.0414. The maximum Gasteiger partial charge on any atom is 0.254 e. The number of benzene rings is 1. The Labute approximate surface area is 122 Å². The molecule has 0 aliphatic carbocycles. The van der Waals surface area contributed by atoms with E-state index in [0.717, 1.165) is 17.6 Å². The van der Waals surface area contributed by atoms with Crippen LogP contribution in [0.1, 0.15) is 24.2 Å². The molecule has 1 aliphatic rings. The van der Waals surface area contributed by atoms with Crippen LogP contribution in [-0.2, 0) is 0 Å². The second-order valence-electron chi connectivity index (χ2n) is 5.35. The molecule has 5 heteroatoms. The van der Waals surface area contributed by atoms with Crippen molar-refractivity contribution in [2.75, 3.05) is 25.9 Å². The van der Waals surface area contributed by atoms with Crippen LogP contribution in [-0.4, -0.2) is 47.9 Å². The molecule has 0 saturated carbocycles. The van der Waals surface area contributed by atoms with Crippen molar-refractivity contribution in [3.05, 3.63) is 28.2 Å². The minimum absolute atomic E-state index is 0.0554. The van der Waals surface area contributed by atoms with Crippen molar-refractivity contribution in [3.8, 4) is 0 Å². The Balaban J connectivity index is 2.20. The van der Waals surface area contributed by atoms with Gasteiger partial charge < -0.3 is 10.6 Å². The summed E-state index contributed by atoms with van der Waals surface area (Å²) in [6.07, 6.45) is 0. The molecule has 0 radical (unpaired) electrons. The van der Waals surface area contributed by atoms with Gasteiger partial charge in [-0.25, -0.2) is 0 Å². The summed E-state index contributed by atoms with van der Waals surface area (Å²) in [5.74, 6) is 0.0554. The lowest BCUT2D eigenvalue weighted by Gasteiger charge is -2.42. The Morgan fingerprint density at radius 1 is 1.26 bits per heavy atom. The van der Waals surface area contributed by atoms with E-state index in [-0.39, 0.29) is 5.91 Å². The molecule has 2 rings (SSSR count). The van der Waals surface area contributed by atoms with Gasteiger partial charge in [-0.3, -0.25) is 9.69 Å². The first-order chi connectivity index (χ1) is 8.88. The number of nitrogens with zero attached hydrogens (tertiary/aromatic N) is 2. The van der Waals surface area contributed by atoms with Gasteiger partial charge >= 0.3 is 0 Å². The number of amides is 1. The smallest absolute Gasteiger partial charge is 0.254 e. The number of hydrogen-bond acceptors (Lipinski definition) is 3. The standard InChI is InChI=1S/C14H20BrN3O/c1-9-7-18(8-10(2)17(9)3)14(19)11-4-12(15)6-13(16)5-11/h4-6,9-10H,7-8,16H2,1-3H3. The third kappa shape index (κ3) is 3.09. The highest BCUT2D eigenvalue weighted by Crippen LogP contribution is 2.21. The molecule has 2 unspecified atom stereocenters. The highest BCUT2D eigenvalue weighted by Gasteiger charge is 2.29. The monoisotopic (exact) mass is 325 g/mol. The molecule has 1 fully saturated rings. The number of anilines is 1. The molecular weight excluding hydrogens is 306 g/mol. The number of carbonyl (C=O) groups is 1. The van der Waals surface area contributed by atoms with Crippen molar-refractivity contribution in [1.82, 2.24) is 9.80 Å². The maximum atomic E-state index is 12.5. The minimum Gasteiger partial charge on any atom is -0.399 e. The van der Waals surface area contributed by atoms with Crippen LogP contribution in [0.3, 0.4) is 0 Å². The van der Waals surface area contributed by atoms with Gasteiger partial charge in [0.2, 0.25) is 0 Å². The fourth-order valence-electron chi connectivity index (χ4n) is 2.49. The van der Waals surface area contributed by atoms with Gasteiger partial charge in [0.15, 0.2) is 0 Å². The summed E-state index contributed by atoms with van der Waals surface area (Å²) in [6, 6.07) is 6.11. The number of halogens is 1. The van der Waals surface area contributed by atoms with Gasteiger partial charge in [0.1, 0.15) is 0 Å². The number of nitrogens with two attached hydrogens (primary N) is 1. The van der Waals surface area contributed by atoms with Crippen LogP contribution in [0, 0.1) is 0 Å². The van der Waals surface area contributed by atoms with Crippen LogP contribution in [0.5, 0.6) is 0 Å². The summed E-state index contributed by atoms with van der Waals surface area (Å²) < 4.78 is 0.839.